The van der Waals surface area contributed by atoms with Gasteiger partial charge >= 0.3 is 65.1 Å². The maximum absolute atomic E-state index is 10.6. The Morgan fingerprint density at radius 1 is 0.305 bits per heavy atom. The molecule has 3 aromatic rings. The number of aliphatic hydroxyl groups is 1. The van der Waals surface area contributed by atoms with Crippen molar-refractivity contribution >= 4 is 65.1 Å². The molecule has 0 aliphatic heterocycles. The Morgan fingerprint density at radius 3 is 0.705 bits per heavy atom. The van der Waals surface area contributed by atoms with Gasteiger partial charge in [0.15, 0.2) is 0 Å². The van der Waals surface area contributed by atoms with Gasteiger partial charge in [-0.05, 0) is 94.2 Å². The molecular weight excluding hydrogens is 1370 g/mol. The molecular formula is C77H128N2O26. The molecule has 105 heavy (non-hydrogen) atoms. The molecule has 13 N–H and O–H groups in total. The first kappa shape index (κ1) is 107. The number of aliphatic hydroxyl groups excluding tert-OH is 1. The van der Waals surface area contributed by atoms with Gasteiger partial charge in [-0.2, -0.15) is 0 Å². The molecule has 28 nitrogen and oxygen atoms in total. The first-order valence-corrected chi connectivity index (χ1v) is 37.1. The highest BCUT2D eigenvalue weighted by Crippen LogP contribution is 2.32. The Morgan fingerprint density at radius 2 is 0.505 bits per heavy atom. The Hall–Kier alpha value is -8.95. The molecule has 0 aliphatic rings. The summed E-state index contributed by atoms with van der Waals surface area (Å²) in [5.41, 5.74) is -1.36. The molecule has 3 rings (SSSR count). The zero-order valence-corrected chi connectivity index (χ0v) is 63.5. The number of nitro benzene ring substituents is 2. The van der Waals surface area contributed by atoms with Crippen molar-refractivity contribution in [3.8, 4) is 17.2 Å². The topological polar surface area (TPSA) is 503 Å². The van der Waals surface area contributed by atoms with E-state index in [0.29, 0.717) is 49.7 Å². The van der Waals surface area contributed by atoms with Crippen LogP contribution in [0.15, 0.2) is 48.5 Å². The van der Waals surface area contributed by atoms with Gasteiger partial charge in [0, 0.05) is 57.3 Å². The predicted octanol–water partition coefficient (Wildman–Crippen LogP) is 19.6. The summed E-state index contributed by atoms with van der Waals surface area (Å²) in [6, 6.07) is 10.4. The van der Waals surface area contributed by atoms with E-state index in [9.17, 15) is 73.6 Å². The molecule has 0 fully saturated rings. The molecule has 0 aliphatic carbocycles. The molecule has 0 heterocycles. The molecule has 0 amide bonds. The minimum absolute atomic E-state index is 0.0671. The Kier molecular flexibility index (Phi) is 77.6. The fourth-order valence-corrected chi connectivity index (χ4v) is 9.16. The number of rotatable bonds is 48. The summed E-state index contributed by atoms with van der Waals surface area (Å²) in [5.74, 6) is -9.77. The van der Waals surface area contributed by atoms with Crippen LogP contribution in [0.25, 0.3) is 0 Å². The van der Waals surface area contributed by atoms with Gasteiger partial charge < -0.3 is 66.4 Å². The molecule has 602 valence electrons. The van der Waals surface area contributed by atoms with E-state index in [4.69, 9.17) is 56.2 Å². The van der Waals surface area contributed by atoms with Crippen molar-refractivity contribution in [1.82, 2.24) is 0 Å². The molecule has 0 unspecified atom stereocenters. The van der Waals surface area contributed by atoms with Crippen molar-refractivity contribution in [2.75, 3.05) is 6.61 Å². The second kappa shape index (κ2) is 76.2. The van der Waals surface area contributed by atoms with E-state index in [2.05, 4.69) is 34.6 Å². The first-order valence-electron chi connectivity index (χ1n) is 37.1. The van der Waals surface area contributed by atoms with Crippen LogP contribution in [0.1, 0.15) is 346 Å². The van der Waals surface area contributed by atoms with Gasteiger partial charge in [-0.25, -0.2) is 14.4 Å². The van der Waals surface area contributed by atoms with Crippen LogP contribution < -0.4 is 0 Å². The number of carbonyl (C=O) groups is 9. The van der Waals surface area contributed by atoms with Crippen molar-refractivity contribution in [3.05, 3.63) is 96.6 Å². The molecule has 0 saturated carbocycles. The number of hydrogen-bond donors (Lipinski definition) is 13. The van der Waals surface area contributed by atoms with E-state index in [1.165, 1.54) is 154 Å². The van der Waals surface area contributed by atoms with Gasteiger partial charge in [0.25, 0.3) is 0 Å². The van der Waals surface area contributed by atoms with Gasteiger partial charge in [0.1, 0.15) is 22.4 Å². The number of aryl methyl sites for hydroxylation is 2. The number of aromatic carboxylic acids is 3. The van der Waals surface area contributed by atoms with E-state index >= 15 is 0 Å². The highest BCUT2D eigenvalue weighted by atomic mass is 16.6. The Balaban J connectivity index is -0.000000264. The standard InChI is InChI=1S/C13H26O2.C11H22O2.C9H18O3.2C8H7NO5.C8H16O2.C7H6O3.C7H14O2.C6H12O2/c1-2-3-4-5-6-7-8-9-10-11-12-13(14)15;1-2-3-4-5-6-7-8-9-10-11(12)13;10-8-6-4-2-1-3-5-7-9(11)12;2*1-4-2-5(8(11)12)7(10)6(3-4)9(13)14;1-2-3-4-5-6-7-8(9)10;8-6-4-2-1-3-5(6)7(9)10;1-2-3-4-5-6-7(8)9;1-2-3-4-5-6(7)8/h2-12H2,1H3,(H,14,15);2-10H2,1H3,(H,12,13);10H,1-8H2,(H,11,12);2*2-3,10H,1H3,(H,11,12);2-7H2,1H3,(H,9,10);1-4,8H,(H,9,10);2-6H2,1H3,(H,8,9);2-5H2,1H3,(H,7,8). The van der Waals surface area contributed by atoms with E-state index in [1.54, 1.807) is 12.1 Å². The number of phenols is 3. The maximum atomic E-state index is 10.6. The fourth-order valence-electron chi connectivity index (χ4n) is 9.16. The van der Waals surface area contributed by atoms with Crippen LogP contribution in [0.3, 0.4) is 0 Å². The highest BCUT2D eigenvalue weighted by Gasteiger charge is 2.23. The highest BCUT2D eigenvalue weighted by molar-refractivity contribution is 5.93. The van der Waals surface area contributed by atoms with Gasteiger partial charge in [-0.3, -0.25) is 49.0 Å². The molecule has 3 aromatic carbocycles. The van der Waals surface area contributed by atoms with Gasteiger partial charge in [0.05, 0.1) is 9.85 Å². The predicted molar refractivity (Wildman–Crippen MR) is 403 cm³/mol. The Bertz CT molecular complexity index is 2660. The molecule has 0 bridgehead atoms. The van der Waals surface area contributed by atoms with E-state index in [0.717, 1.165) is 128 Å². The Labute approximate surface area is 620 Å². The number of carboxylic acids is 9. The van der Waals surface area contributed by atoms with Gasteiger partial charge in [0.2, 0.25) is 11.5 Å². The average Bonchev–Trinajstić information content (AvgIpc) is 0.833. The second-order valence-electron chi connectivity index (χ2n) is 24.9. The van der Waals surface area contributed by atoms with Crippen LogP contribution in [0.2, 0.25) is 0 Å². The smallest absolute Gasteiger partial charge is 0.339 e. The number of carboxylic acid groups (broad SMARTS) is 9. The second-order valence-corrected chi connectivity index (χ2v) is 24.9. The number of benzene rings is 3. The summed E-state index contributed by atoms with van der Waals surface area (Å²) >= 11 is 0. The lowest BCUT2D eigenvalue weighted by Crippen LogP contribution is -2.00. The number of para-hydroxylation sites is 1. The van der Waals surface area contributed by atoms with Gasteiger partial charge in [-0.15, -0.1) is 0 Å². The van der Waals surface area contributed by atoms with Crippen LogP contribution in [0.4, 0.5) is 11.4 Å². The third-order valence-electron chi connectivity index (χ3n) is 15.0. The summed E-state index contributed by atoms with van der Waals surface area (Å²) in [4.78, 5) is 111. The van der Waals surface area contributed by atoms with Crippen molar-refractivity contribution in [1.29, 1.82) is 0 Å². The zero-order chi connectivity index (χ0) is 81.2. The van der Waals surface area contributed by atoms with Crippen LogP contribution >= 0.6 is 0 Å². The summed E-state index contributed by atoms with van der Waals surface area (Å²) < 4.78 is 0. The van der Waals surface area contributed by atoms with Crippen molar-refractivity contribution in [2.45, 2.75) is 318 Å². The summed E-state index contributed by atoms with van der Waals surface area (Å²) in [5, 5.41) is 132. The molecule has 28 heteroatoms. The largest absolute Gasteiger partial charge is 0.507 e. The number of nitrogens with zero attached hydrogens (tertiary/aromatic N) is 2. The van der Waals surface area contributed by atoms with Crippen LogP contribution in [0.5, 0.6) is 17.2 Å². The molecule has 0 saturated heterocycles. The molecule has 0 atom stereocenters. The lowest BCUT2D eigenvalue weighted by molar-refractivity contribution is -0.386. The van der Waals surface area contributed by atoms with Crippen LogP contribution in [0, 0.1) is 34.1 Å². The third kappa shape index (κ3) is 77.5. The summed E-state index contributed by atoms with van der Waals surface area (Å²) in [7, 11) is 0. The third-order valence-corrected chi connectivity index (χ3v) is 15.0. The minimum atomic E-state index is -1.39. The van der Waals surface area contributed by atoms with Crippen LogP contribution in [-0.4, -0.2) is 137 Å². The lowest BCUT2D eigenvalue weighted by atomic mass is 10.1. The normalized spacial score (nSPS) is 9.83. The number of aliphatic carboxylic acids is 6. The van der Waals surface area contributed by atoms with E-state index < -0.39 is 97.6 Å². The van der Waals surface area contributed by atoms with Crippen molar-refractivity contribution < 1.29 is 119 Å². The minimum Gasteiger partial charge on any atom is -0.507 e. The van der Waals surface area contributed by atoms with Crippen molar-refractivity contribution in [2.24, 2.45) is 0 Å². The number of aromatic hydroxyl groups is 3. The number of unbranched alkanes of at least 4 members (excludes halogenated alkanes) is 30. The van der Waals surface area contributed by atoms with Gasteiger partial charge in [-0.1, -0.05) is 233 Å². The average molecular weight is 1500 g/mol. The molecule has 0 aromatic heterocycles. The van der Waals surface area contributed by atoms with Crippen molar-refractivity contribution in [3.63, 3.8) is 0 Å². The maximum Gasteiger partial charge on any atom is 0.339 e. The fraction of sp³-hybridized carbons (Fsp3) is 0.649. The van der Waals surface area contributed by atoms with E-state index in [1.807, 2.05) is 0 Å². The van der Waals surface area contributed by atoms with Crippen LogP contribution in [-0.2, 0) is 28.8 Å². The molecule has 0 spiro atoms. The SMILES string of the molecule is CCCCCC(=O)O.CCCCCCC(=O)O.CCCCCCCC(=O)O.CCCCCCCCCCC(=O)O.CCCCCCCCCCCCC(=O)O.Cc1cc(C(=O)O)c(O)c([N+](=O)[O-])c1.Cc1cc(C(=O)O)c(O)c([N+](=O)[O-])c1.O=C(O)CCCCCCCCO.O=C(O)c1ccccc1O. The summed E-state index contributed by atoms with van der Waals surface area (Å²) in [6.07, 6.45) is 42.9. The lowest BCUT2D eigenvalue weighted by Gasteiger charge is -2.01. The zero-order valence-electron chi connectivity index (χ0n) is 63.5. The molecule has 0 radical (unpaired) electrons. The first-order chi connectivity index (χ1) is 49.7. The number of nitro groups is 2. The van der Waals surface area contributed by atoms with E-state index in [-0.39, 0.29) is 17.9 Å². The quantitative estimate of drug-likeness (QED) is 0.0142. The number of hydrogen-bond acceptors (Lipinski definition) is 17. The monoisotopic (exact) mass is 1500 g/mol. The summed E-state index contributed by atoms with van der Waals surface area (Å²) in [6.45, 7) is 14.1.